The Morgan fingerprint density at radius 2 is 1.63 bits per heavy atom. The highest BCUT2D eigenvalue weighted by Gasteiger charge is 2.30. The van der Waals surface area contributed by atoms with Gasteiger partial charge in [0.2, 0.25) is 0 Å². The Labute approximate surface area is 168 Å². The zero-order chi connectivity index (χ0) is 18.9. The summed E-state index contributed by atoms with van der Waals surface area (Å²) in [5, 5.41) is 0. The second kappa shape index (κ2) is 11.1. The monoisotopic (exact) mass is 366 g/mol. The lowest BCUT2D eigenvalue weighted by Gasteiger charge is -2.36. The number of unbranched alkanes of at least 4 members (excludes halogenated alkanes) is 2. The molecule has 0 amide bonds. The summed E-state index contributed by atoms with van der Waals surface area (Å²) in [5.41, 5.74) is 3.12. The second-order valence-corrected chi connectivity index (χ2v) is 9.36. The summed E-state index contributed by atoms with van der Waals surface area (Å²) in [6.07, 6.45) is 23.1. The first-order valence-corrected chi connectivity index (χ1v) is 12.0. The molecule has 150 valence electrons. The standard InChI is InChI=1S/C27H42/c1-3-5-7-10-23-15-19-26(20-16-23)27(21-24-11-8-6-9-12-24)25-17-13-22(4-2)14-18-25/h6,8,13-14,17-18,23-24,26-27H,3-5,7,9-12,15-16,19-21H2,1-2H3. The molecule has 0 aliphatic heterocycles. The predicted molar refractivity (Wildman–Crippen MR) is 119 cm³/mol. The number of allylic oxidation sites excluding steroid dienone is 2. The summed E-state index contributed by atoms with van der Waals surface area (Å²) in [6, 6.07) is 9.71. The molecule has 0 bridgehead atoms. The largest absolute Gasteiger partial charge is 0.0885 e. The highest BCUT2D eigenvalue weighted by atomic mass is 14.3. The van der Waals surface area contributed by atoms with Crippen molar-refractivity contribution >= 4 is 0 Å². The van der Waals surface area contributed by atoms with Gasteiger partial charge in [-0.25, -0.2) is 0 Å². The molecule has 0 aromatic heterocycles. The van der Waals surface area contributed by atoms with Crippen LogP contribution < -0.4 is 0 Å². The molecule has 1 aromatic carbocycles. The van der Waals surface area contributed by atoms with Crippen LogP contribution in [0.4, 0.5) is 0 Å². The van der Waals surface area contributed by atoms with E-state index in [1.807, 2.05) is 0 Å². The molecule has 0 heteroatoms. The molecule has 0 heterocycles. The van der Waals surface area contributed by atoms with E-state index >= 15 is 0 Å². The van der Waals surface area contributed by atoms with Gasteiger partial charge < -0.3 is 0 Å². The Kier molecular flexibility index (Phi) is 8.49. The van der Waals surface area contributed by atoms with Gasteiger partial charge in [-0.05, 0) is 79.7 Å². The van der Waals surface area contributed by atoms with Crippen LogP contribution in [0.15, 0.2) is 36.4 Å². The molecule has 2 atom stereocenters. The van der Waals surface area contributed by atoms with E-state index in [0.717, 1.165) is 30.1 Å². The van der Waals surface area contributed by atoms with Crippen molar-refractivity contribution in [3.8, 4) is 0 Å². The van der Waals surface area contributed by atoms with Gasteiger partial charge in [0.15, 0.2) is 0 Å². The van der Waals surface area contributed by atoms with E-state index in [9.17, 15) is 0 Å². The molecular formula is C27H42. The van der Waals surface area contributed by atoms with E-state index in [1.165, 1.54) is 82.6 Å². The minimum atomic E-state index is 0.795. The predicted octanol–water partition coefficient (Wildman–Crippen LogP) is 8.47. The summed E-state index contributed by atoms with van der Waals surface area (Å²) in [6.45, 7) is 4.59. The molecule has 0 spiro atoms. The van der Waals surface area contributed by atoms with Gasteiger partial charge in [0.1, 0.15) is 0 Å². The summed E-state index contributed by atoms with van der Waals surface area (Å²) in [7, 11) is 0. The van der Waals surface area contributed by atoms with Crippen molar-refractivity contribution in [1.82, 2.24) is 0 Å². The van der Waals surface area contributed by atoms with Gasteiger partial charge in [0, 0.05) is 0 Å². The normalized spacial score (nSPS) is 26.8. The van der Waals surface area contributed by atoms with E-state index < -0.39 is 0 Å². The average molecular weight is 367 g/mol. The Morgan fingerprint density at radius 1 is 0.852 bits per heavy atom. The SMILES string of the molecule is CCCCCC1CCC(C(CC2CC=CCC2)c2ccc(CC)cc2)CC1. The van der Waals surface area contributed by atoms with Crippen LogP contribution >= 0.6 is 0 Å². The zero-order valence-electron chi connectivity index (χ0n) is 18.0. The molecule has 2 aliphatic carbocycles. The van der Waals surface area contributed by atoms with Crippen LogP contribution in [0.3, 0.4) is 0 Å². The molecule has 2 aliphatic rings. The Bertz CT molecular complexity index is 544. The average Bonchev–Trinajstić information content (AvgIpc) is 2.74. The van der Waals surface area contributed by atoms with Gasteiger partial charge in [-0.2, -0.15) is 0 Å². The van der Waals surface area contributed by atoms with E-state index in [1.54, 1.807) is 5.56 Å². The summed E-state index contributed by atoms with van der Waals surface area (Å²) >= 11 is 0. The highest BCUT2D eigenvalue weighted by Crippen LogP contribution is 2.44. The van der Waals surface area contributed by atoms with Crippen LogP contribution in [0, 0.1) is 17.8 Å². The van der Waals surface area contributed by atoms with E-state index in [0.29, 0.717) is 0 Å². The van der Waals surface area contributed by atoms with Crippen molar-refractivity contribution in [2.45, 2.75) is 103 Å². The molecule has 1 saturated carbocycles. The maximum atomic E-state index is 2.47. The highest BCUT2D eigenvalue weighted by molar-refractivity contribution is 5.26. The second-order valence-electron chi connectivity index (χ2n) is 9.36. The smallest absolute Gasteiger partial charge is 0.0131 e. The topological polar surface area (TPSA) is 0 Å². The lowest BCUT2D eigenvalue weighted by atomic mass is 9.69. The van der Waals surface area contributed by atoms with E-state index in [2.05, 4.69) is 50.3 Å². The number of hydrogen-bond donors (Lipinski definition) is 0. The van der Waals surface area contributed by atoms with Crippen LogP contribution in [-0.4, -0.2) is 0 Å². The number of rotatable bonds is 9. The maximum Gasteiger partial charge on any atom is -0.0131 e. The van der Waals surface area contributed by atoms with Crippen molar-refractivity contribution < 1.29 is 0 Å². The van der Waals surface area contributed by atoms with Gasteiger partial charge >= 0.3 is 0 Å². The third kappa shape index (κ3) is 6.23. The van der Waals surface area contributed by atoms with Crippen molar-refractivity contribution in [1.29, 1.82) is 0 Å². The maximum absolute atomic E-state index is 2.47. The molecule has 0 N–H and O–H groups in total. The molecule has 3 rings (SSSR count). The van der Waals surface area contributed by atoms with Gasteiger partial charge in [-0.3, -0.25) is 0 Å². The number of benzene rings is 1. The molecular weight excluding hydrogens is 324 g/mol. The van der Waals surface area contributed by atoms with Gasteiger partial charge in [-0.1, -0.05) is 88.8 Å². The Morgan fingerprint density at radius 3 is 2.26 bits per heavy atom. The van der Waals surface area contributed by atoms with Crippen LogP contribution in [-0.2, 0) is 6.42 Å². The number of aryl methyl sites for hydroxylation is 1. The van der Waals surface area contributed by atoms with Crippen LogP contribution in [0.1, 0.15) is 108 Å². The first-order valence-electron chi connectivity index (χ1n) is 12.0. The fraction of sp³-hybridized carbons (Fsp3) is 0.704. The van der Waals surface area contributed by atoms with Gasteiger partial charge in [0.05, 0.1) is 0 Å². The van der Waals surface area contributed by atoms with Gasteiger partial charge in [0.25, 0.3) is 0 Å². The van der Waals surface area contributed by atoms with Crippen LogP contribution in [0.2, 0.25) is 0 Å². The molecule has 1 fully saturated rings. The molecule has 0 saturated heterocycles. The Hall–Kier alpha value is -1.04. The quantitative estimate of drug-likeness (QED) is 0.304. The van der Waals surface area contributed by atoms with Crippen LogP contribution in [0.25, 0.3) is 0 Å². The third-order valence-electron chi connectivity index (χ3n) is 7.46. The first-order chi connectivity index (χ1) is 13.3. The third-order valence-corrected chi connectivity index (χ3v) is 7.46. The lowest BCUT2D eigenvalue weighted by Crippen LogP contribution is -2.23. The minimum absolute atomic E-state index is 0.795. The minimum Gasteiger partial charge on any atom is -0.0885 e. The summed E-state index contributed by atoms with van der Waals surface area (Å²) in [5.74, 6) is 3.65. The van der Waals surface area contributed by atoms with Crippen molar-refractivity contribution in [2.24, 2.45) is 17.8 Å². The zero-order valence-corrected chi connectivity index (χ0v) is 18.0. The lowest BCUT2D eigenvalue weighted by molar-refractivity contribution is 0.210. The summed E-state index contributed by atoms with van der Waals surface area (Å²) in [4.78, 5) is 0. The van der Waals surface area contributed by atoms with Crippen molar-refractivity contribution in [2.75, 3.05) is 0 Å². The molecule has 27 heavy (non-hydrogen) atoms. The molecule has 1 aromatic rings. The van der Waals surface area contributed by atoms with Crippen molar-refractivity contribution in [3.05, 3.63) is 47.5 Å². The van der Waals surface area contributed by atoms with Gasteiger partial charge in [-0.15, -0.1) is 0 Å². The molecule has 0 radical (unpaired) electrons. The molecule has 0 nitrogen and oxygen atoms in total. The van der Waals surface area contributed by atoms with E-state index in [4.69, 9.17) is 0 Å². The fourth-order valence-corrected chi connectivity index (χ4v) is 5.59. The summed E-state index contributed by atoms with van der Waals surface area (Å²) < 4.78 is 0. The van der Waals surface area contributed by atoms with E-state index in [-0.39, 0.29) is 0 Å². The number of hydrogen-bond acceptors (Lipinski definition) is 0. The Balaban J connectivity index is 1.63. The fourth-order valence-electron chi connectivity index (χ4n) is 5.59. The van der Waals surface area contributed by atoms with Crippen LogP contribution in [0.5, 0.6) is 0 Å². The first kappa shape index (κ1) is 20.7. The van der Waals surface area contributed by atoms with Crippen molar-refractivity contribution in [3.63, 3.8) is 0 Å². The molecule has 2 unspecified atom stereocenters.